The van der Waals surface area contributed by atoms with Gasteiger partial charge in [0.1, 0.15) is 18.2 Å². The maximum absolute atomic E-state index is 13.8. The molecule has 1 heterocycles. The van der Waals surface area contributed by atoms with Gasteiger partial charge in [0.05, 0.1) is 22.2 Å². The Labute approximate surface area is 122 Å². The van der Waals surface area contributed by atoms with E-state index >= 15 is 0 Å². The van der Waals surface area contributed by atoms with Crippen LogP contribution in [0.2, 0.25) is 0 Å². The smallest absolute Gasteiger partial charge is 0.191 e. The highest BCUT2D eigenvalue weighted by atomic mass is 19.2. The van der Waals surface area contributed by atoms with Crippen LogP contribution in [0.3, 0.4) is 0 Å². The van der Waals surface area contributed by atoms with Crippen molar-refractivity contribution in [2.75, 3.05) is 6.61 Å². The molecule has 1 aromatic heterocycles. The van der Waals surface area contributed by atoms with Gasteiger partial charge >= 0.3 is 0 Å². The summed E-state index contributed by atoms with van der Waals surface area (Å²) in [5, 5.41) is 8.80. The minimum atomic E-state index is -1.08. The van der Waals surface area contributed by atoms with Gasteiger partial charge in [0.2, 0.25) is 0 Å². The van der Waals surface area contributed by atoms with Gasteiger partial charge in [-0.2, -0.15) is 0 Å². The van der Waals surface area contributed by atoms with Crippen molar-refractivity contribution in [1.29, 1.82) is 0 Å². The van der Waals surface area contributed by atoms with Crippen LogP contribution in [0, 0.1) is 17.5 Å². The number of aliphatic hydroxyl groups is 1. The van der Waals surface area contributed by atoms with E-state index in [1.807, 2.05) is 0 Å². The number of nitrogens with one attached hydrogen (secondary N) is 1. The average Bonchev–Trinajstić information content (AvgIpc) is 2.90. The Morgan fingerprint density at radius 1 is 1.18 bits per heavy atom. The molecular formula is C15H9F3N2O2. The highest BCUT2D eigenvalue weighted by Gasteiger charge is 2.17. The van der Waals surface area contributed by atoms with Crippen molar-refractivity contribution in [3.63, 3.8) is 0 Å². The highest BCUT2D eigenvalue weighted by molar-refractivity contribution is 6.00. The first-order valence-electron chi connectivity index (χ1n) is 6.29. The number of nitrogens with zero attached hydrogens (tertiary/aromatic N) is 1. The Balaban J connectivity index is 2.18. The third-order valence-corrected chi connectivity index (χ3v) is 3.22. The second-order valence-electron chi connectivity index (χ2n) is 4.62. The predicted octanol–water partition coefficient (Wildman–Crippen LogP) is 2.82. The van der Waals surface area contributed by atoms with Gasteiger partial charge < -0.3 is 10.1 Å². The number of hydrogen-bond donors (Lipinski definition) is 2. The van der Waals surface area contributed by atoms with Crippen LogP contribution in [-0.2, 0) is 0 Å². The monoisotopic (exact) mass is 306 g/mol. The first kappa shape index (κ1) is 14.3. The molecule has 0 radical (unpaired) electrons. The standard InChI is InChI=1S/C15H9F3N2O2/c16-9-3-1-2-7(14(9)18)15-19-11-4-8(13(22)6-21)10(17)5-12(11)20-15/h1-5,21H,6H2,(H,19,20). The number of aliphatic hydroxyl groups excluding tert-OH is 1. The molecule has 0 aliphatic heterocycles. The summed E-state index contributed by atoms with van der Waals surface area (Å²) in [5.41, 5.74) is 0.0157. The maximum Gasteiger partial charge on any atom is 0.191 e. The SMILES string of the molecule is O=C(CO)c1cc2nc(-c3cccc(F)c3F)[nH]c2cc1F. The molecule has 2 N–H and O–H groups in total. The van der Waals surface area contributed by atoms with Crippen LogP contribution in [0.1, 0.15) is 10.4 Å². The molecule has 7 heteroatoms. The molecule has 3 aromatic rings. The zero-order chi connectivity index (χ0) is 15.9. The van der Waals surface area contributed by atoms with Crippen molar-refractivity contribution in [3.8, 4) is 11.4 Å². The van der Waals surface area contributed by atoms with Crippen molar-refractivity contribution in [2.45, 2.75) is 0 Å². The van der Waals surface area contributed by atoms with Crippen LogP contribution in [0.15, 0.2) is 30.3 Å². The number of halogens is 3. The molecule has 0 aliphatic carbocycles. The summed E-state index contributed by atoms with van der Waals surface area (Å²) in [5.74, 6) is -3.71. The van der Waals surface area contributed by atoms with E-state index in [1.54, 1.807) is 0 Å². The lowest BCUT2D eigenvalue weighted by molar-refractivity contribution is 0.0900. The second-order valence-corrected chi connectivity index (χ2v) is 4.62. The predicted molar refractivity (Wildman–Crippen MR) is 72.8 cm³/mol. The lowest BCUT2D eigenvalue weighted by Gasteiger charge is -1.99. The number of ketones is 1. The van der Waals surface area contributed by atoms with Gasteiger partial charge in [-0.3, -0.25) is 4.79 Å². The van der Waals surface area contributed by atoms with Gasteiger partial charge in [0.25, 0.3) is 0 Å². The van der Waals surface area contributed by atoms with Gasteiger partial charge in [0, 0.05) is 6.07 Å². The topological polar surface area (TPSA) is 66.0 Å². The minimum absolute atomic E-state index is 0.0139. The zero-order valence-electron chi connectivity index (χ0n) is 11.0. The molecular weight excluding hydrogens is 297 g/mol. The first-order valence-corrected chi connectivity index (χ1v) is 6.29. The van der Waals surface area contributed by atoms with Crippen LogP contribution in [-0.4, -0.2) is 27.5 Å². The molecule has 0 atom stereocenters. The fourth-order valence-electron chi connectivity index (χ4n) is 2.14. The summed E-state index contributed by atoms with van der Waals surface area (Å²) in [4.78, 5) is 18.1. The number of aromatic amines is 1. The quantitative estimate of drug-likeness (QED) is 0.731. The number of aromatic nitrogens is 2. The number of carbonyl (C=O) groups is 1. The fraction of sp³-hybridized carbons (Fsp3) is 0.0667. The van der Waals surface area contributed by atoms with Gasteiger partial charge in [0.15, 0.2) is 17.4 Å². The van der Waals surface area contributed by atoms with E-state index in [0.717, 1.165) is 18.2 Å². The molecule has 0 spiro atoms. The van der Waals surface area contributed by atoms with Crippen LogP contribution in [0.5, 0.6) is 0 Å². The zero-order valence-corrected chi connectivity index (χ0v) is 11.0. The average molecular weight is 306 g/mol. The van der Waals surface area contributed by atoms with Crippen LogP contribution in [0.25, 0.3) is 22.4 Å². The summed E-state index contributed by atoms with van der Waals surface area (Å²) in [7, 11) is 0. The number of hydrogen-bond acceptors (Lipinski definition) is 3. The Morgan fingerprint density at radius 2 is 1.95 bits per heavy atom. The van der Waals surface area contributed by atoms with E-state index in [1.165, 1.54) is 12.1 Å². The van der Waals surface area contributed by atoms with Crippen molar-refractivity contribution in [3.05, 3.63) is 53.3 Å². The largest absolute Gasteiger partial charge is 0.388 e. The van der Waals surface area contributed by atoms with Gasteiger partial charge in [-0.05, 0) is 18.2 Å². The highest BCUT2D eigenvalue weighted by Crippen LogP contribution is 2.26. The Morgan fingerprint density at radius 3 is 2.68 bits per heavy atom. The summed E-state index contributed by atoms with van der Waals surface area (Å²) in [6.07, 6.45) is 0. The molecule has 0 fully saturated rings. The molecule has 3 rings (SSSR count). The number of Topliss-reactive ketones (excluding diaryl/α,β-unsaturated/α-hetero) is 1. The minimum Gasteiger partial charge on any atom is -0.388 e. The number of fused-ring (bicyclic) bond motifs is 1. The fourth-order valence-corrected chi connectivity index (χ4v) is 2.14. The van der Waals surface area contributed by atoms with E-state index in [-0.39, 0.29) is 28.0 Å². The molecule has 4 nitrogen and oxygen atoms in total. The van der Waals surface area contributed by atoms with Crippen LogP contribution in [0.4, 0.5) is 13.2 Å². The van der Waals surface area contributed by atoms with Crippen molar-refractivity contribution in [1.82, 2.24) is 9.97 Å². The maximum atomic E-state index is 13.8. The lowest BCUT2D eigenvalue weighted by atomic mass is 10.1. The molecule has 0 saturated heterocycles. The summed E-state index contributed by atoms with van der Waals surface area (Å²) in [6.45, 7) is -0.835. The van der Waals surface area contributed by atoms with Crippen molar-refractivity contribution < 1.29 is 23.1 Å². The summed E-state index contributed by atoms with van der Waals surface area (Å²) >= 11 is 0. The molecule has 22 heavy (non-hydrogen) atoms. The third kappa shape index (κ3) is 2.25. The summed E-state index contributed by atoms with van der Waals surface area (Å²) in [6, 6.07) is 5.79. The van der Waals surface area contributed by atoms with Gasteiger partial charge in [-0.25, -0.2) is 18.2 Å². The molecule has 0 amide bonds. The number of H-pyrrole nitrogens is 1. The van der Waals surface area contributed by atoms with Gasteiger partial charge in [-0.1, -0.05) is 6.07 Å². The molecule has 0 saturated carbocycles. The Hall–Kier alpha value is -2.67. The Bertz CT molecular complexity index is 890. The van der Waals surface area contributed by atoms with E-state index in [4.69, 9.17) is 5.11 Å². The number of imidazole rings is 1. The Kier molecular flexibility index (Phi) is 3.42. The van der Waals surface area contributed by atoms with Crippen molar-refractivity contribution in [2.24, 2.45) is 0 Å². The third-order valence-electron chi connectivity index (χ3n) is 3.22. The van der Waals surface area contributed by atoms with Gasteiger partial charge in [-0.15, -0.1) is 0 Å². The normalized spacial score (nSPS) is 11.1. The number of rotatable bonds is 3. The molecule has 0 unspecified atom stereocenters. The van der Waals surface area contributed by atoms with Crippen LogP contribution < -0.4 is 0 Å². The number of benzene rings is 2. The lowest BCUT2D eigenvalue weighted by Crippen LogP contribution is -2.06. The molecule has 112 valence electrons. The van der Waals surface area contributed by atoms with Crippen LogP contribution >= 0.6 is 0 Å². The van der Waals surface area contributed by atoms with E-state index < -0.39 is 29.8 Å². The molecule has 2 aromatic carbocycles. The summed E-state index contributed by atoms with van der Waals surface area (Å²) < 4.78 is 40.8. The van der Waals surface area contributed by atoms with E-state index in [2.05, 4.69) is 9.97 Å². The second kappa shape index (κ2) is 5.27. The van der Waals surface area contributed by atoms with E-state index in [9.17, 15) is 18.0 Å². The number of carbonyl (C=O) groups excluding carboxylic acids is 1. The molecule has 0 aliphatic rings. The van der Waals surface area contributed by atoms with Crippen molar-refractivity contribution >= 4 is 16.8 Å². The molecule has 0 bridgehead atoms. The van der Waals surface area contributed by atoms with E-state index in [0.29, 0.717) is 0 Å². The first-order chi connectivity index (χ1) is 10.5.